The topological polar surface area (TPSA) is 53.5 Å². The lowest BCUT2D eigenvalue weighted by atomic mass is 10.0. The minimum Gasteiger partial charge on any atom is -0.494 e. The van der Waals surface area contributed by atoms with Gasteiger partial charge in [-0.2, -0.15) is 0 Å². The van der Waals surface area contributed by atoms with Crippen molar-refractivity contribution in [3.63, 3.8) is 0 Å². The maximum absolute atomic E-state index is 5.51. The summed E-state index contributed by atoms with van der Waals surface area (Å²) in [4.78, 5) is 9.59. The molecule has 0 radical (unpaired) electrons. The molecule has 0 unspecified atom stereocenters. The minimum atomic E-state index is 0.416. The van der Waals surface area contributed by atoms with Crippen LogP contribution in [0.15, 0.2) is 72.8 Å². The third-order valence-electron chi connectivity index (χ3n) is 4.60. The Labute approximate surface area is 179 Å². The van der Waals surface area contributed by atoms with Gasteiger partial charge in [-0.1, -0.05) is 72.0 Å². The number of hydrogen-bond donors (Lipinski definition) is 0. The normalized spacial score (nSPS) is 10.9. The largest absolute Gasteiger partial charge is 0.494 e. The summed E-state index contributed by atoms with van der Waals surface area (Å²) in [7, 11) is 1.50. The van der Waals surface area contributed by atoms with Gasteiger partial charge in [0.15, 0.2) is 0 Å². The smallest absolute Gasteiger partial charge is 0.148 e. The first-order valence-corrected chi connectivity index (χ1v) is 10.5. The Bertz CT molecular complexity index is 1070. The van der Waals surface area contributed by atoms with Crippen molar-refractivity contribution in [1.29, 1.82) is 0 Å². The van der Waals surface area contributed by atoms with E-state index in [4.69, 9.17) is 9.62 Å². The van der Waals surface area contributed by atoms with E-state index < -0.39 is 0 Å². The maximum atomic E-state index is 5.51. The van der Waals surface area contributed by atoms with Crippen molar-refractivity contribution in [1.82, 2.24) is 10.2 Å². The van der Waals surface area contributed by atoms with Crippen molar-refractivity contribution in [3.05, 3.63) is 78.4 Å². The second-order valence-corrected chi connectivity index (χ2v) is 7.55. The number of ether oxygens (including phenoxy) is 1. The lowest BCUT2D eigenvalue weighted by Gasteiger charge is -2.06. The van der Waals surface area contributed by atoms with E-state index >= 15 is 0 Å². The third kappa shape index (κ3) is 4.74. The maximum Gasteiger partial charge on any atom is 0.148 e. The molecule has 4 rings (SSSR count). The monoisotopic (exact) mass is 418 g/mol. The van der Waals surface area contributed by atoms with Crippen molar-refractivity contribution in [3.8, 4) is 38.0 Å². The van der Waals surface area contributed by atoms with E-state index in [1.165, 1.54) is 7.11 Å². The molecule has 5 nitrogen and oxygen atoms in total. The van der Waals surface area contributed by atoms with E-state index in [0.717, 1.165) is 43.6 Å². The van der Waals surface area contributed by atoms with Gasteiger partial charge in [-0.25, -0.2) is 9.78 Å². The first-order valence-electron chi connectivity index (χ1n) is 9.69. The standard InChI is InChI=1S/C24H22N2O3S/c1-3-28-22-14-12-19(13-15-22)18-8-10-21(11-9-18)24-26-25-23(30-24)20-6-4-17(5-7-20)16-29-27-2/h4-15H,3,16H2,1-2H3. The fourth-order valence-electron chi connectivity index (χ4n) is 3.04. The van der Waals surface area contributed by atoms with Crippen molar-refractivity contribution in [2.75, 3.05) is 13.7 Å². The molecule has 0 aliphatic heterocycles. The van der Waals surface area contributed by atoms with Crippen LogP contribution in [0.25, 0.3) is 32.3 Å². The van der Waals surface area contributed by atoms with E-state index in [9.17, 15) is 0 Å². The quantitative estimate of drug-likeness (QED) is 0.259. The molecule has 0 N–H and O–H groups in total. The molecule has 0 atom stereocenters. The molecule has 0 fully saturated rings. The molecule has 0 spiro atoms. The van der Waals surface area contributed by atoms with Crippen LogP contribution in [0.1, 0.15) is 12.5 Å². The molecule has 152 valence electrons. The van der Waals surface area contributed by atoms with Gasteiger partial charge >= 0.3 is 0 Å². The third-order valence-corrected chi connectivity index (χ3v) is 5.62. The highest BCUT2D eigenvalue weighted by Crippen LogP contribution is 2.31. The summed E-state index contributed by atoms with van der Waals surface area (Å²) in [6.45, 7) is 3.07. The van der Waals surface area contributed by atoms with Gasteiger partial charge in [0.1, 0.15) is 22.4 Å². The highest BCUT2D eigenvalue weighted by Gasteiger charge is 2.09. The average Bonchev–Trinajstić information content (AvgIpc) is 3.29. The lowest BCUT2D eigenvalue weighted by molar-refractivity contribution is -0.282. The van der Waals surface area contributed by atoms with Crippen molar-refractivity contribution >= 4 is 11.3 Å². The van der Waals surface area contributed by atoms with Gasteiger partial charge in [0, 0.05) is 11.1 Å². The van der Waals surface area contributed by atoms with E-state index in [1.807, 2.05) is 43.3 Å². The van der Waals surface area contributed by atoms with Crippen LogP contribution in [0, 0.1) is 0 Å². The van der Waals surface area contributed by atoms with Crippen LogP contribution in [-0.2, 0) is 16.4 Å². The number of rotatable bonds is 8. The first-order chi connectivity index (χ1) is 14.8. The number of aromatic nitrogens is 2. The van der Waals surface area contributed by atoms with Crippen LogP contribution in [0.5, 0.6) is 5.75 Å². The van der Waals surface area contributed by atoms with Crippen molar-refractivity contribution < 1.29 is 14.5 Å². The molecule has 30 heavy (non-hydrogen) atoms. The second kappa shape index (κ2) is 9.63. The fourth-order valence-corrected chi connectivity index (χ4v) is 3.90. The Kier molecular flexibility index (Phi) is 6.49. The van der Waals surface area contributed by atoms with Crippen LogP contribution in [0.2, 0.25) is 0 Å². The van der Waals surface area contributed by atoms with Crippen LogP contribution in [-0.4, -0.2) is 23.9 Å². The van der Waals surface area contributed by atoms with Crippen LogP contribution in [0.3, 0.4) is 0 Å². The number of nitrogens with zero attached hydrogens (tertiary/aromatic N) is 2. The predicted molar refractivity (Wildman–Crippen MR) is 119 cm³/mol. The highest BCUT2D eigenvalue weighted by atomic mass is 32.1. The summed E-state index contributed by atoms with van der Waals surface area (Å²) in [6, 6.07) is 24.6. The Morgan fingerprint density at radius 2 is 1.20 bits per heavy atom. The predicted octanol–water partition coefficient (Wildman–Crippen LogP) is 6.02. The molecule has 1 heterocycles. The van der Waals surface area contributed by atoms with Crippen molar-refractivity contribution in [2.24, 2.45) is 0 Å². The summed E-state index contributed by atoms with van der Waals surface area (Å²) in [6.07, 6.45) is 0. The van der Waals surface area contributed by atoms with Gasteiger partial charge in [-0.3, -0.25) is 0 Å². The summed E-state index contributed by atoms with van der Waals surface area (Å²) < 4.78 is 5.51. The Morgan fingerprint density at radius 1 is 0.700 bits per heavy atom. The van der Waals surface area contributed by atoms with Crippen molar-refractivity contribution in [2.45, 2.75) is 13.5 Å². The van der Waals surface area contributed by atoms with Gasteiger partial charge in [-0.05, 0) is 35.7 Å². The molecular weight excluding hydrogens is 396 g/mol. The van der Waals surface area contributed by atoms with Gasteiger partial charge in [0.25, 0.3) is 0 Å². The summed E-state index contributed by atoms with van der Waals surface area (Å²) in [5.74, 6) is 0.888. The zero-order valence-corrected chi connectivity index (χ0v) is 17.7. The Morgan fingerprint density at radius 3 is 1.73 bits per heavy atom. The zero-order chi connectivity index (χ0) is 20.8. The molecule has 4 aromatic rings. The van der Waals surface area contributed by atoms with E-state index in [1.54, 1.807) is 11.3 Å². The van der Waals surface area contributed by atoms with Gasteiger partial charge in [-0.15, -0.1) is 10.2 Å². The number of benzene rings is 3. The van der Waals surface area contributed by atoms with Crippen LogP contribution < -0.4 is 4.74 Å². The summed E-state index contributed by atoms with van der Waals surface area (Å²) in [5, 5.41) is 10.5. The zero-order valence-electron chi connectivity index (χ0n) is 16.9. The molecular formula is C24H22N2O3S. The van der Waals surface area contributed by atoms with Gasteiger partial charge < -0.3 is 4.74 Å². The van der Waals surface area contributed by atoms with E-state index in [-0.39, 0.29) is 0 Å². The molecule has 0 aliphatic rings. The molecule has 3 aromatic carbocycles. The van der Waals surface area contributed by atoms with E-state index in [2.05, 4.69) is 51.5 Å². The molecule has 0 aliphatic carbocycles. The number of hydrogen-bond acceptors (Lipinski definition) is 6. The average molecular weight is 419 g/mol. The Hall–Kier alpha value is -3.06. The SMILES string of the molecule is CCOc1ccc(-c2ccc(-c3nnc(-c4ccc(COOC)cc4)s3)cc2)cc1. The van der Waals surface area contributed by atoms with Gasteiger partial charge in [0.2, 0.25) is 0 Å². The first kappa shape index (κ1) is 20.2. The fraction of sp³-hybridized carbons (Fsp3) is 0.167. The molecule has 0 saturated carbocycles. The molecule has 0 bridgehead atoms. The van der Waals surface area contributed by atoms with Crippen LogP contribution >= 0.6 is 11.3 Å². The molecule has 0 amide bonds. The minimum absolute atomic E-state index is 0.416. The Balaban J connectivity index is 1.48. The highest BCUT2D eigenvalue weighted by molar-refractivity contribution is 7.17. The lowest BCUT2D eigenvalue weighted by Crippen LogP contribution is -1.90. The molecule has 1 aromatic heterocycles. The molecule has 0 saturated heterocycles. The second-order valence-electron chi connectivity index (χ2n) is 6.57. The summed E-state index contributed by atoms with van der Waals surface area (Å²) >= 11 is 1.58. The summed E-state index contributed by atoms with van der Waals surface area (Å²) in [5.41, 5.74) is 5.43. The van der Waals surface area contributed by atoms with Gasteiger partial charge in [0.05, 0.1) is 13.7 Å². The van der Waals surface area contributed by atoms with E-state index in [0.29, 0.717) is 13.2 Å². The van der Waals surface area contributed by atoms with Crippen LogP contribution in [0.4, 0.5) is 0 Å². The molecule has 6 heteroatoms.